The van der Waals surface area contributed by atoms with Crippen molar-refractivity contribution in [1.82, 2.24) is 0 Å². The van der Waals surface area contributed by atoms with Gasteiger partial charge in [-0.2, -0.15) is 0 Å². The lowest BCUT2D eigenvalue weighted by atomic mass is 9.68. The van der Waals surface area contributed by atoms with Gasteiger partial charge in [0.2, 0.25) is 5.72 Å². The Hall–Kier alpha value is -3.92. The molecule has 198 valence electrons. The summed E-state index contributed by atoms with van der Waals surface area (Å²) < 4.78 is 18.0. The van der Waals surface area contributed by atoms with Crippen LogP contribution in [0, 0.1) is 5.92 Å². The molecule has 0 aromatic heterocycles. The van der Waals surface area contributed by atoms with Crippen molar-refractivity contribution in [3.05, 3.63) is 106 Å². The van der Waals surface area contributed by atoms with E-state index in [1.165, 1.54) is 52.9 Å². The summed E-state index contributed by atoms with van der Waals surface area (Å²) in [6, 6.07) is 25.5. The molecule has 4 aliphatic rings. The summed E-state index contributed by atoms with van der Waals surface area (Å²) in [5.41, 5.74) is 8.87. The van der Waals surface area contributed by atoms with Gasteiger partial charge in [0.05, 0.1) is 19.9 Å². The maximum absolute atomic E-state index is 7.17. The Morgan fingerprint density at radius 1 is 0.795 bits per heavy atom. The molecular formula is C35H35NO3. The topological polar surface area (TPSA) is 30.9 Å². The maximum atomic E-state index is 7.17. The number of anilines is 1. The number of hydrogen-bond acceptors (Lipinski definition) is 4. The second-order valence-electron chi connectivity index (χ2n) is 11.1. The molecule has 1 fully saturated rings. The molecule has 0 unspecified atom stereocenters. The SMILES string of the molecule is COc1ccc(/C=C2\CCCC3=C2N2c4ccccc4O[C@]24/C(=C/c2ccc(OC)cc2)CCC[C@H]4C3)cc1. The van der Waals surface area contributed by atoms with E-state index in [4.69, 9.17) is 14.2 Å². The summed E-state index contributed by atoms with van der Waals surface area (Å²) in [5, 5.41) is 0. The van der Waals surface area contributed by atoms with Crippen LogP contribution in [0.1, 0.15) is 56.1 Å². The van der Waals surface area contributed by atoms with Crippen LogP contribution in [0.3, 0.4) is 0 Å². The molecule has 4 heteroatoms. The third-order valence-corrected chi connectivity index (χ3v) is 8.91. The largest absolute Gasteiger partial charge is 0.497 e. The highest BCUT2D eigenvalue weighted by molar-refractivity contribution is 5.78. The van der Waals surface area contributed by atoms with E-state index in [1.54, 1.807) is 19.8 Å². The van der Waals surface area contributed by atoms with E-state index in [9.17, 15) is 0 Å². The van der Waals surface area contributed by atoms with Gasteiger partial charge in [0, 0.05) is 11.6 Å². The van der Waals surface area contributed by atoms with Gasteiger partial charge >= 0.3 is 0 Å². The third kappa shape index (κ3) is 3.96. The minimum Gasteiger partial charge on any atom is -0.497 e. The first-order valence-electron chi connectivity index (χ1n) is 14.2. The lowest BCUT2D eigenvalue weighted by Crippen LogP contribution is -2.60. The van der Waals surface area contributed by atoms with Gasteiger partial charge < -0.3 is 14.2 Å². The van der Waals surface area contributed by atoms with Crippen LogP contribution < -0.4 is 19.1 Å². The van der Waals surface area contributed by atoms with E-state index in [0.717, 1.165) is 42.9 Å². The summed E-state index contributed by atoms with van der Waals surface area (Å²) in [4.78, 5) is 2.61. The van der Waals surface area contributed by atoms with Gasteiger partial charge in [-0.15, -0.1) is 0 Å². The van der Waals surface area contributed by atoms with Crippen molar-refractivity contribution in [1.29, 1.82) is 0 Å². The number of fused-ring (bicyclic) bond motifs is 3. The molecule has 3 aromatic rings. The molecule has 0 amide bonds. The normalized spacial score (nSPS) is 25.5. The quantitative estimate of drug-likeness (QED) is 0.348. The molecule has 0 saturated heterocycles. The van der Waals surface area contributed by atoms with Crippen LogP contribution in [0.4, 0.5) is 5.69 Å². The Morgan fingerprint density at radius 3 is 2.21 bits per heavy atom. The second kappa shape index (κ2) is 9.68. The molecule has 0 bridgehead atoms. The molecule has 4 nitrogen and oxygen atoms in total. The zero-order valence-electron chi connectivity index (χ0n) is 22.8. The van der Waals surface area contributed by atoms with Gasteiger partial charge in [-0.1, -0.05) is 36.4 Å². The smallest absolute Gasteiger partial charge is 0.213 e. The molecule has 1 saturated carbocycles. The lowest BCUT2D eigenvalue weighted by Gasteiger charge is -2.53. The molecule has 2 aliphatic carbocycles. The fourth-order valence-electron chi connectivity index (χ4n) is 7.17. The molecule has 2 atom stereocenters. The predicted molar refractivity (Wildman–Crippen MR) is 157 cm³/mol. The van der Waals surface area contributed by atoms with Crippen molar-refractivity contribution >= 4 is 17.8 Å². The van der Waals surface area contributed by atoms with Gasteiger partial charge in [0.1, 0.15) is 17.2 Å². The van der Waals surface area contributed by atoms with Crippen molar-refractivity contribution < 1.29 is 14.2 Å². The number of hydrogen-bond donors (Lipinski definition) is 0. The standard InChI is InChI=1S/C35H35NO3/c1-37-30-17-13-24(14-18-30)21-26-7-5-8-27-23-29-10-6-9-28(22-25-15-19-31(38-2)20-16-25)35(29)36(34(26)27)32-11-3-4-12-33(32)39-35/h3-4,11-22,29H,5-10,23H2,1-2H3/b26-21+,28-22+/t29-,35-/m0/s1. The van der Waals surface area contributed by atoms with Crippen LogP contribution in [-0.2, 0) is 0 Å². The molecular weight excluding hydrogens is 482 g/mol. The summed E-state index contributed by atoms with van der Waals surface area (Å²) in [6.45, 7) is 0. The molecule has 1 spiro atoms. The van der Waals surface area contributed by atoms with Gasteiger partial charge in [0.25, 0.3) is 0 Å². The Bertz CT molecular complexity index is 1480. The van der Waals surface area contributed by atoms with E-state index >= 15 is 0 Å². The van der Waals surface area contributed by atoms with E-state index in [0.29, 0.717) is 5.92 Å². The number of nitrogens with zero attached hydrogens (tertiary/aromatic N) is 1. The molecule has 0 N–H and O–H groups in total. The monoisotopic (exact) mass is 517 g/mol. The number of methoxy groups -OCH3 is 2. The van der Waals surface area contributed by atoms with E-state index in [1.807, 2.05) is 24.3 Å². The number of rotatable bonds is 4. The maximum Gasteiger partial charge on any atom is 0.213 e. The molecule has 2 heterocycles. The molecule has 39 heavy (non-hydrogen) atoms. The van der Waals surface area contributed by atoms with Crippen LogP contribution in [0.2, 0.25) is 0 Å². The van der Waals surface area contributed by atoms with E-state index in [2.05, 4.69) is 65.6 Å². The Balaban J connectivity index is 1.39. The zero-order valence-corrected chi connectivity index (χ0v) is 22.8. The van der Waals surface area contributed by atoms with Crippen LogP contribution in [0.25, 0.3) is 12.2 Å². The number of para-hydroxylation sites is 2. The van der Waals surface area contributed by atoms with Gasteiger partial charge in [-0.05, 0) is 121 Å². The molecule has 7 rings (SSSR count). The van der Waals surface area contributed by atoms with Gasteiger partial charge in [-0.25, -0.2) is 0 Å². The highest BCUT2D eigenvalue weighted by Gasteiger charge is 2.59. The first-order valence-corrected chi connectivity index (χ1v) is 14.2. The summed E-state index contributed by atoms with van der Waals surface area (Å²) in [6.07, 6.45) is 12.7. The highest BCUT2D eigenvalue weighted by atomic mass is 16.5. The zero-order chi connectivity index (χ0) is 26.4. The van der Waals surface area contributed by atoms with Crippen molar-refractivity contribution in [3.8, 4) is 17.2 Å². The first-order chi connectivity index (χ1) is 19.2. The van der Waals surface area contributed by atoms with Gasteiger partial charge in [0.15, 0.2) is 0 Å². The minimum atomic E-state index is -0.489. The first kappa shape index (κ1) is 24.1. The van der Waals surface area contributed by atoms with Crippen LogP contribution in [-0.4, -0.2) is 19.9 Å². The molecule has 0 radical (unpaired) electrons. The number of benzene rings is 3. The molecule has 3 aromatic carbocycles. The van der Waals surface area contributed by atoms with E-state index in [-0.39, 0.29) is 0 Å². The summed E-state index contributed by atoms with van der Waals surface area (Å²) >= 11 is 0. The average molecular weight is 518 g/mol. The van der Waals surface area contributed by atoms with Gasteiger partial charge in [-0.3, -0.25) is 4.90 Å². The summed E-state index contributed by atoms with van der Waals surface area (Å²) in [5.74, 6) is 3.18. The lowest BCUT2D eigenvalue weighted by molar-refractivity contribution is 0.0353. The average Bonchev–Trinajstić information content (AvgIpc) is 3.33. The second-order valence-corrected chi connectivity index (χ2v) is 11.1. The third-order valence-electron chi connectivity index (χ3n) is 8.91. The molecule has 2 aliphatic heterocycles. The number of ether oxygens (including phenoxy) is 3. The fourth-order valence-corrected chi connectivity index (χ4v) is 7.17. The predicted octanol–water partition coefficient (Wildman–Crippen LogP) is 8.41. The van der Waals surface area contributed by atoms with Crippen molar-refractivity contribution in [2.45, 2.75) is 50.7 Å². The van der Waals surface area contributed by atoms with E-state index < -0.39 is 5.72 Å². The fraction of sp³-hybridized carbons (Fsp3) is 0.314. The van der Waals surface area contributed by atoms with Crippen LogP contribution in [0.15, 0.2) is 95.2 Å². The Morgan fingerprint density at radius 2 is 1.49 bits per heavy atom. The van der Waals surface area contributed by atoms with Crippen molar-refractivity contribution in [2.75, 3.05) is 19.1 Å². The highest BCUT2D eigenvalue weighted by Crippen LogP contribution is 2.61. The van der Waals surface area contributed by atoms with Crippen molar-refractivity contribution in [2.24, 2.45) is 5.92 Å². The van der Waals surface area contributed by atoms with Crippen molar-refractivity contribution in [3.63, 3.8) is 0 Å². The Labute approximate surface area is 231 Å². The minimum absolute atomic E-state index is 0.419. The van der Waals surface area contributed by atoms with Crippen LogP contribution >= 0.6 is 0 Å². The van der Waals surface area contributed by atoms with Crippen LogP contribution in [0.5, 0.6) is 17.2 Å². The number of allylic oxidation sites excluding steroid dienone is 2. The summed E-state index contributed by atoms with van der Waals surface area (Å²) in [7, 11) is 3.43. The Kier molecular flexibility index (Phi) is 5.99.